The van der Waals surface area contributed by atoms with Crippen molar-refractivity contribution in [2.45, 2.75) is 0 Å². The molecule has 1 heterocycles. The lowest BCUT2D eigenvalue weighted by Crippen LogP contribution is -1.87. The van der Waals surface area contributed by atoms with Gasteiger partial charge in [0, 0.05) is 17.6 Å². The van der Waals surface area contributed by atoms with E-state index in [1.165, 1.54) is 12.3 Å². The summed E-state index contributed by atoms with van der Waals surface area (Å²) in [5.74, 6) is 0.0438. The Bertz CT molecular complexity index is 470. The van der Waals surface area contributed by atoms with Crippen molar-refractivity contribution < 1.29 is 5.11 Å². The minimum Gasteiger partial charge on any atom is -0.506 e. The van der Waals surface area contributed by atoms with Crippen molar-refractivity contribution in [2.24, 2.45) is 0 Å². The van der Waals surface area contributed by atoms with E-state index in [0.29, 0.717) is 16.2 Å². The van der Waals surface area contributed by atoms with Crippen LogP contribution in [0.2, 0.25) is 5.02 Å². The fourth-order valence-electron chi connectivity index (χ4n) is 1.16. The standard InChI is InChI=1S/C9H7ClN2O/c10-6-1-5-2-7(11)9(13)3-8(5)12-4-6/h1-4,13H,11H2. The Kier molecular flexibility index (Phi) is 1.74. The Labute approximate surface area is 79.8 Å². The number of aromatic hydroxyl groups is 1. The van der Waals surface area contributed by atoms with Crippen LogP contribution in [0, 0.1) is 0 Å². The molecule has 0 radical (unpaired) electrons. The van der Waals surface area contributed by atoms with Crippen LogP contribution in [0.5, 0.6) is 5.75 Å². The first-order valence-electron chi connectivity index (χ1n) is 3.70. The largest absolute Gasteiger partial charge is 0.506 e. The van der Waals surface area contributed by atoms with Gasteiger partial charge >= 0.3 is 0 Å². The van der Waals surface area contributed by atoms with Gasteiger partial charge in [0.2, 0.25) is 0 Å². The predicted octanol–water partition coefficient (Wildman–Crippen LogP) is 2.18. The molecular formula is C9H7ClN2O. The highest BCUT2D eigenvalue weighted by molar-refractivity contribution is 6.31. The highest BCUT2D eigenvalue weighted by atomic mass is 35.5. The molecule has 0 aliphatic heterocycles. The summed E-state index contributed by atoms with van der Waals surface area (Å²) in [7, 11) is 0. The molecule has 0 saturated heterocycles. The van der Waals surface area contributed by atoms with Gasteiger partial charge in [0.1, 0.15) is 5.75 Å². The van der Waals surface area contributed by atoms with E-state index in [2.05, 4.69) is 4.98 Å². The van der Waals surface area contributed by atoms with Crippen molar-refractivity contribution in [3.63, 3.8) is 0 Å². The number of hydrogen-bond donors (Lipinski definition) is 2. The number of pyridine rings is 1. The van der Waals surface area contributed by atoms with Gasteiger partial charge in [-0.25, -0.2) is 0 Å². The van der Waals surface area contributed by atoms with Crippen LogP contribution in [0.25, 0.3) is 10.9 Å². The van der Waals surface area contributed by atoms with Gasteiger partial charge in [-0.15, -0.1) is 0 Å². The lowest BCUT2D eigenvalue weighted by atomic mass is 10.2. The molecule has 0 fully saturated rings. The molecule has 2 rings (SSSR count). The van der Waals surface area contributed by atoms with E-state index < -0.39 is 0 Å². The Balaban J connectivity index is 2.81. The van der Waals surface area contributed by atoms with Crippen LogP contribution >= 0.6 is 11.6 Å². The number of nitrogens with two attached hydrogens (primary N) is 1. The van der Waals surface area contributed by atoms with Crippen LogP contribution in [-0.2, 0) is 0 Å². The highest BCUT2D eigenvalue weighted by Gasteiger charge is 2.01. The number of nitrogen functional groups attached to an aromatic ring is 1. The molecule has 0 spiro atoms. The number of phenolic OH excluding ortho intramolecular Hbond substituents is 1. The van der Waals surface area contributed by atoms with Crippen LogP contribution in [-0.4, -0.2) is 10.1 Å². The zero-order valence-corrected chi connectivity index (χ0v) is 7.42. The smallest absolute Gasteiger partial charge is 0.140 e. The Morgan fingerprint density at radius 1 is 1.31 bits per heavy atom. The van der Waals surface area contributed by atoms with Crippen molar-refractivity contribution in [1.82, 2.24) is 4.98 Å². The van der Waals surface area contributed by atoms with Gasteiger partial charge in [0.15, 0.2) is 0 Å². The van der Waals surface area contributed by atoms with E-state index in [-0.39, 0.29) is 5.75 Å². The van der Waals surface area contributed by atoms with Gasteiger partial charge in [-0.3, -0.25) is 4.98 Å². The summed E-state index contributed by atoms with van der Waals surface area (Å²) >= 11 is 5.74. The summed E-state index contributed by atoms with van der Waals surface area (Å²) in [5.41, 5.74) is 6.52. The molecule has 0 unspecified atom stereocenters. The molecule has 0 aliphatic rings. The topological polar surface area (TPSA) is 59.1 Å². The quantitative estimate of drug-likeness (QED) is 0.499. The summed E-state index contributed by atoms with van der Waals surface area (Å²) in [6.45, 7) is 0. The third-order valence-corrected chi connectivity index (χ3v) is 2.00. The SMILES string of the molecule is Nc1cc2cc(Cl)cnc2cc1O. The maximum atomic E-state index is 9.29. The average Bonchev–Trinajstić information content (AvgIpc) is 2.08. The van der Waals surface area contributed by atoms with Gasteiger partial charge in [-0.2, -0.15) is 0 Å². The van der Waals surface area contributed by atoms with Crippen molar-refractivity contribution >= 4 is 28.2 Å². The summed E-state index contributed by atoms with van der Waals surface area (Å²) in [4.78, 5) is 4.04. The number of halogens is 1. The lowest BCUT2D eigenvalue weighted by Gasteiger charge is -2.01. The molecule has 3 N–H and O–H groups in total. The highest BCUT2D eigenvalue weighted by Crippen LogP contribution is 2.26. The molecule has 1 aromatic heterocycles. The van der Waals surface area contributed by atoms with Crippen LogP contribution in [0.1, 0.15) is 0 Å². The number of phenols is 1. The van der Waals surface area contributed by atoms with Gasteiger partial charge < -0.3 is 10.8 Å². The van der Waals surface area contributed by atoms with Crippen molar-refractivity contribution in [3.8, 4) is 5.75 Å². The van der Waals surface area contributed by atoms with E-state index in [0.717, 1.165) is 5.39 Å². The third-order valence-electron chi connectivity index (χ3n) is 1.80. The first kappa shape index (κ1) is 8.13. The van der Waals surface area contributed by atoms with E-state index in [9.17, 15) is 5.11 Å². The summed E-state index contributed by atoms with van der Waals surface area (Å²) in [6, 6.07) is 4.91. The van der Waals surface area contributed by atoms with Crippen LogP contribution in [0.3, 0.4) is 0 Å². The number of rotatable bonds is 0. The van der Waals surface area contributed by atoms with Crippen molar-refractivity contribution in [1.29, 1.82) is 0 Å². The molecule has 0 amide bonds. The van der Waals surface area contributed by atoms with Crippen LogP contribution < -0.4 is 5.73 Å². The summed E-state index contributed by atoms with van der Waals surface area (Å²) in [5, 5.41) is 10.7. The Hall–Kier alpha value is -1.48. The molecule has 13 heavy (non-hydrogen) atoms. The van der Waals surface area contributed by atoms with Gasteiger partial charge in [-0.1, -0.05) is 11.6 Å². The monoisotopic (exact) mass is 194 g/mol. The number of anilines is 1. The van der Waals surface area contributed by atoms with Gasteiger partial charge in [0.25, 0.3) is 0 Å². The lowest BCUT2D eigenvalue weighted by molar-refractivity contribution is 0.478. The molecule has 4 heteroatoms. The molecule has 0 bridgehead atoms. The van der Waals surface area contributed by atoms with E-state index in [4.69, 9.17) is 17.3 Å². The Morgan fingerprint density at radius 3 is 2.85 bits per heavy atom. The molecule has 3 nitrogen and oxygen atoms in total. The normalized spacial score (nSPS) is 10.5. The number of aromatic nitrogens is 1. The Morgan fingerprint density at radius 2 is 2.08 bits per heavy atom. The minimum atomic E-state index is 0.0438. The van der Waals surface area contributed by atoms with E-state index in [1.807, 2.05) is 0 Å². The summed E-state index contributed by atoms with van der Waals surface area (Å²) < 4.78 is 0. The maximum Gasteiger partial charge on any atom is 0.140 e. The fourth-order valence-corrected chi connectivity index (χ4v) is 1.32. The third kappa shape index (κ3) is 1.38. The van der Waals surface area contributed by atoms with E-state index >= 15 is 0 Å². The number of hydrogen-bond acceptors (Lipinski definition) is 3. The van der Waals surface area contributed by atoms with Crippen LogP contribution in [0.4, 0.5) is 5.69 Å². The van der Waals surface area contributed by atoms with Gasteiger partial charge in [-0.05, 0) is 12.1 Å². The van der Waals surface area contributed by atoms with E-state index in [1.54, 1.807) is 12.1 Å². The average molecular weight is 195 g/mol. The first-order chi connectivity index (χ1) is 6.16. The van der Waals surface area contributed by atoms with Crippen molar-refractivity contribution in [2.75, 3.05) is 5.73 Å². The number of fused-ring (bicyclic) bond motifs is 1. The predicted molar refractivity (Wildman–Crippen MR) is 52.8 cm³/mol. The van der Waals surface area contributed by atoms with Crippen molar-refractivity contribution in [3.05, 3.63) is 29.4 Å². The maximum absolute atomic E-state index is 9.29. The number of nitrogens with zero attached hydrogens (tertiary/aromatic N) is 1. The zero-order chi connectivity index (χ0) is 9.42. The van der Waals surface area contributed by atoms with Crippen LogP contribution in [0.15, 0.2) is 24.4 Å². The second kappa shape index (κ2) is 2.78. The first-order valence-corrected chi connectivity index (χ1v) is 4.08. The fraction of sp³-hybridized carbons (Fsp3) is 0. The second-order valence-corrected chi connectivity index (χ2v) is 3.19. The zero-order valence-electron chi connectivity index (χ0n) is 6.66. The number of benzene rings is 1. The van der Waals surface area contributed by atoms with Gasteiger partial charge in [0.05, 0.1) is 16.2 Å². The molecule has 0 aliphatic carbocycles. The molecule has 1 aromatic carbocycles. The molecule has 2 aromatic rings. The minimum absolute atomic E-state index is 0.0438. The molecule has 0 atom stereocenters. The molecular weight excluding hydrogens is 188 g/mol. The molecule has 66 valence electrons. The molecule has 0 saturated carbocycles. The summed E-state index contributed by atoms with van der Waals surface area (Å²) in [6.07, 6.45) is 1.53. The second-order valence-electron chi connectivity index (χ2n) is 2.76.